The molecule has 0 unspecified atom stereocenters. The van der Waals surface area contributed by atoms with E-state index in [4.69, 9.17) is 0 Å². The molecular formula is C21H23FN4O2S. The Morgan fingerprint density at radius 1 is 1.38 bits per heavy atom. The molecule has 29 heavy (non-hydrogen) atoms. The highest BCUT2D eigenvalue weighted by molar-refractivity contribution is 7.22. The number of fused-ring (bicyclic) bond motifs is 1. The highest BCUT2D eigenvalue weighted by Crippen LogP contribution is 2.34. The van der Waals surface area contributed by atoms with Gasteiger partial charge < -0.3 is 15.2 Å². The first-order valence-electron chi connectivity index (χ1n) is 9.64. The van der Waals surface area contributed by atoms with E-state index >= 15 is 0 Å². The summed E-state index contributed by atoms with van der Waals surface area (Å²) < 4.78 is 14.9. The molecule has 0 spiro atoms. The zero-order valence-electron chi connectivity index (χ0n) is 16.4. The van der Waals surface area contributed by atoms with Gasteiger partial charge in [0, 0.05) is 13.1 Å². The fourth-order valence-electron chi connectivity index (χ4n) is 3.54. The lowest BCUT2D eigenvalue weighted by Crippen LogP contribution is -2.43. The summed E-state index contributed by atoms with van der Waals surface area (Å²) in [6, 6.07) is 11.1. The van der Waals surface area contributed by atoms with Gasteiger partial charge in [-0.2, -0.15) is 0 Å². The van der Waals surface area contributed by atoms with Crippen molar-refractivity contribution in [2.75, 3.05) is 11.4 Å². The van der Waals surface area contributed by atoms with Crippen LogP contribution < -0.4 is 15.8 Å². The third-order valence-corrected chi connectivity index (χ3v) is 6.17. The lowest BCUT2D eigenvalue weighted by molar-refractivity contribution is -0.122. The Labute approximate surface area is 171 Å². The van der Waals surface area contributed by atoms with Crippen molar-refractivity contribution in [2.24, 2.45) is 0 Å². The first-order chi connectivity index (χ1) is 13.8. The van der Waals surface area contributed by atoms with Gasteiger partial charge in [0.15, 0.2) is 5.13 Å². The Kier molecular flexibility index (Phi) is 5.12. The van der Waals surface area contributed by atoms with Crippen LogP contribution in [0.2, 0.25) is 0 Å². The van der Waals surface area contributed by atoms with Crippen LogP contribution in [0.15, 0.2) is 41.2 Å². The summed E-state index contributed by atoms with van der Waals surface area (Å²) >= 11 is 1.32. The van der Waals surface area contributed by atoms with Gasteiger partial charge in [-0.3, -0.25) is 9.59 Å². The molecule has 2 aromatic heterocycles. The van der Waals surface area contributed by atoms with Crippen LogP contribution in [-0.4, -0.2) is 28.5 Å². The van der Waals surface area contributed by atoms with E-state index in [-0.39, 0.29) is 23.2 Å². The van der Waals surface area contributed by atoms with Crippen molar-refractivity contribution in [1.29, 1.82) is 0 Å². The molecule has 0 bridgehead atoms. The number of benzene rings is 1. The minimum absolute atomic E-state index is 0.0508. The van der Waals surface area contributed by atoms with E-state index in [1.54, 1.807) is 6.07 Å². The molecule has 2 N–H and O–H groups in total. The molecule has 1 aliphatic heterocycles. The highest BCUT2D eigenvalue weighted by Gasteiger charge is 2.33. The number of aromatic nitrogens is 2. The van der Waals surface area contributed by atoms with E-state index in [0.29, 0.717) is 22.9 Å². The number of carbonyl (C=O) groups excluding carboxylic acids is 1. The van der Waals surface area contributed by atoms with Crippen molar-refractivity contribution in [2.45, 2.75) is 44.9 Å². The largest absolute Gasteiger partial charge is 0.350 e. The molecule has 3 heterocycles. The van der Waals surface area contributed by atoms with Crippen molar-refractivity contribution in [1.82, 2.24) is 15.3 Å². The number of alkyl halides is 1. The standard InChI is InChI=1S/C21H23FN4O2S/c1-21(2,22)16-11-15-17(19(28)24-16)25-20(29-15)26-10-6-9-14(26)18(27)23-12-13-7-4-3-5-8-13/h3-5,7-8,11,14H,6,9-10,12H2,1-2H3,(H,23,27)(H,24,28)/t14-/m1/s1. The summed E-state index contributed by atoms with van der Waals surface area (Å²) in [5.74, 6) is -0.0508. The molecule has 3 aromatic rings. The number of amides is 1. The predicted octanol–water partition coefficient (Wildman–Crippen LogP) is 3.47. The molecule has 1 saturated heterocycles. The number of nitrogens with one attached hydrogen (secondary N) is 2. The van der Waals surface area contributed by atoms with E-state index < -0.39 is 11.2 Å². The Balaban J connectivity index is 1.56. The van der Waals surface area contributed by atoms with Crippen LogP contribution >= 0.6 is 11.3 Å². The van der Waals surface area contributed by atoms with Gasteiger partial charge in [0.2, 0.25) is 5.91 Å². The molecule has 0 radical (unpaired) electrons. The molecule has 1 fully saturated rings. The van der Waals surface area contributed by atoms with Gasteiger partial charge >= 0.3 is 0 Å². The third kappa shape index (κ3) is 4.03. The van der Waals surface area contributed by atoms with Crippen LogP contribution in [0.5, 0.6) is 0 Å². The van der Waals surface area contributed by atoms with Crippen LogP contribution in [0, 0.1) is 0 Å². The average Bonchev–Trinajstić information content (AvgIpc) is 3.33. The maximum Gasteiger partial charge on any atom is 0.275 e. The second-order valence-corrected chi connectivity index (χ2v) is 8.76. The van der Waals surface area contributed by atoms with Crippen LogP contribution in [0.25, 0.3) is 10.2 Å². The molecule has 1 atom stereocenters. The smallest absolute Gasteiger partial charge is 0.275 e. The Bertz CT molecular complexity index is 1090. The van der Waals surface area contributed by atoms with Gasteiger partial charge in [-0.05, 0) is 38.3 Å². The van der Waals surface area contributed by atoms with Gasteiger partial charge in [-0.25, -0.2) is 9.37 Å². The molecule has 8 heteroatoms. The summed E-state index contributed by atoms with van der Waals surface area (Å²) in [6.45, 7) is 3.97. The molecule has 0 saturated carbocycles. The number of thiazole rings is 1. The van der Waals surface area contributed by atoms with Gasteiger partial charge in [0.25, 0.3) is 5.56 Å². The molecule has 4 rings (SSSR count). The number of rotatable bonds is 5. The minimum Gasteiger partial charge on any atom is -0.350 e. The maximum atomic E-state index is 14.3. The van der Waals surface area contributed by atoms with Crippen molar-refractivity contribution in [3.05, 3.63) is 58.0 Å². The van der Waals surface area contributed by atoms with E-state index in [9.17, 15) is 14.0 Å². The SMILES string of the molecule is CC(C)(F)c1cc2sc(N3CCC[C@@H]3C(=O)NCc3ccccc3)nc2c(=O)[nH]1. The first-order valence-corrected chi connectivity index (χ1v) is 10.5. The van der Waals surface area contributed by atoms with Crippen LogP contribution in [0.1, 0.15) is 37.9 Å². The van der Waals surface area contributed by atoms with Crippen molar-refractivity contribution < 1.29 is 9.18 Å². The second kappa shape index (κ2) is 7.59. The molecule has 1 aromatic carbocycles. The minimum atomic E-state index is -1.65. The molecular weight excluding hydrogens is 391 g/mol. The monoisotopic (exact) mass is 414 g/mol. The van der Waals surface area contributed by atoms with Crippen molar-refractivity contribution >= 4 is 32.6 Å². The normalized spacial score (nSPS) is 17.1. The summed E-state index contributed by atoms with van der Waals surface area (Å²) in [6.07, 6.45) is 1.61. The zero-order chi connectivity index (χ0) is 20.6. The number of anilines is 1. The lowest BCUT2D eigenvalue weighted by Gasteiger charge is -2.23. The lowest BCUT2D eigenvalue weighted by atomic mass is 10.1. The van der Waals surface area contributed by atoms with E-state index in [1.807, 2.05) is 35.2 Å². The average molecular weight is 415 g/mol. The number of nitrogens with zero attached hydrogens (tertiary/aromatic N) is 2. The summed E-state index contributed by atoms with van der Waals surface area (Å²) in [4.78, 5) is 34.1. The fourth-order valence-corrected chi connectivity index (χ4v) is 4.62. The van der Waals surface area contributed by atoms with Crippen LogP contribution in [-0.2, 0) is 17.0 Å². The van der Waals surface area contributed by atoms with Crippen molar-refractivity contribution in [3.63, 3.8) is 0 Å². The molecule has 1 amide bonds. The Hall–Kier alpha value is -2.74. The number of hydrogen-bond acceptors (Lipinski definition) is 5. The van der Waals surface area contributed by atoms with E-state index in [1.165, 1.54) is 25.2 Å². The summed E-state index contributed by atoms with van der Waals surface area (Å²) in [5.41, 5.74) is -0.504. The third-order valence-electron chi connectivity index (χ3n) is 5.13. The van der Waals surface area contributed by atoms with Gasteiger partial charge in [0.05, 0.1) is 10.4 Å². The van der Waals surface area contributed by atoms with E-state index in [0.717, 1.165) is 18.4 Å². The van der Waals surface area contributed by atoms with Gasteiger partial charge in [-0.15, -0.1) is 0 Å². The second-order valence-electron chi connectivity index (χ2n) is 7.75. The van der Waals surface area contributed by atoms with Crippen LogP contribution in [0.3, 0.4) is 0 Å². The number of H-pyrrole nitrogens is 1. The molecule has 152 valence electrons. The quantitative estimate of drug-likeness (QED) is 0.670. The molecule has 1 aliphatic rings. The fraction of sp³-hybridized carbons (Fsp3) is 0.381. The van der Waals surface area contributed by atoms with Crippen LogP contribution in [0.4, 0.5) is 9.52 Å². The highest BCUT2D eigenvalue weighted by atomic mass is 32.1. The number of hydrogen-bond donors (Lipinski definition) is 2. The number of pyridine rings is 1. The Morgan fingerprint density at radius 2 is 2.14 bits per heavy atom. The number of halogens is 1. The molecule has 6 nitrogen and oxygen atoms in total. The topological polar surface area (TPSA) is 78.1 Å². The van der Waals surface area contributed by atoms with E-state index in [2.05, 4.69) is 15.3 Å². The number of carbonyl (C=O) groups is 1. The van der Waals surface area contributed by atoms with Crippen molar-refractivity contribution in [3.8, 4) is 0 Å². The zero-order valence-corrected chi connectivity index (χ0v) is 17.2. The summed E-state index contributed by atoms with van der Waals surface area (Å²) in [7, 11) is 0. The number of aromatic amines is 1. The summed E-state index contributed by atoms with van der Waals surface area (Å²) in [5, 5.41) is 3.62. The van der Waals surface area contributed by atoms with Gasteiger partial charge in [-0.1, -0.05) is 41.7 Å². The maximum absolute atomic E-state index is 14.3. The van der Waals surface area contributed by atoms with Gasteiger partial charge in [0.1, 0.15) is 17.2 Å². The Morgan fingerprint density at radius 3 is 2.86 bits per heavy atom. The molecule has 0 aliphatic carbocycles. The first kappa shape index (κ1) is 19.6. The predicted molar refractivity (Wildman–Crippen MR) is 113 cm³/mol.